The zero-order valence-corrected chi connectivity index (χ0v) is 21.1. The molecule has 0 N–H and O–H groups in total. The zero-order chi connectivity index (χ0) is 23.4. The quantitative estimate of drug-likeness (QED) is 0.268. The molecule has 5 heterocycles. The van der Waals surface area contributed by atoms with Crippen molar-refractivity contribution in [1.82, 2.24) is 28.7 Å². The highest BCUT2D eigenvalue weighted by molar-refractivity contribution is 7.98. The van der Waals surface area contributed by atoms with Gasteiger partial charge >= 0.3 is 0 Å². The molecule has 0 saturated heterocycles. The Labute approximate surface area is 205 Å². The van der Waals surface area contributed by atoms with Crippen LogP contribution in [0, 0.1) is 20.8 Å². The number of imidazole rings is 1. The molecule has 0 aliphatic carbocycles. The van der Waals surface area contributed by atoms with Crippen molar-refractivity contribution in [3.8, 4) is 17.2 Å². The van der Waals surface area contributed by atoms with E-state index in [1.54, 1.807) is 23.1 Å². The van der Waals surface area contributed by atoms with Gasteiger partial charge in [-0.25, -0.2) is 4.98 Å². The molecule has 170 valence electrons. The summed E-state index contributed by atoms with van der Waals surface area (Å²) in [5, 5.41) is 12.4. The molecule has 0 fully saturated rings. The summed E-state index contributed by atoms with van der Waals surface area (Å²) in [6, 6.07) is 14.9. The van der Waals surface area contributed by atoms with Crippen molar-refractivity contribution in [3.05, 3.63) is 82.6 Å². The average molecular weight is 485 g/mol. The van der Waals surface area contributed by atoms with Gasteiger partial charge in [-0.05, 0) is 61.5 Å². The Morgan fingerprint density at radius 3 is 2.59 bits per heavy atom. The fourth-order valence-corrected chi connectivity index (χ4v) is 6.39. The van der Waals surface area contributed by atoms with Crippen LogP contribution in [0.5, 0.6) is 0 Å². The molecule has 0 bridgehead atoms. The SMILES string of the molecule is Cc1cc(C)c(-n2c(SCc3cn4ccccc4n3)nnc2-c2cc3sccc3n2C)c(C)c1. The maximum absolute atomic E-state index is 4.76. The summed E-state index contributed by atoms with van der Waals surface area (Å²) in [6.45, 7) is 6.47. The first-order valence-electron chi connectivity index (χ1n) is 11.1. The number of aryl methyl sites for hydroxylation is 4. The smallest absolute Gasteiger partial charge is 0.196 e. The molecule has 5 aromatic heterocycles. The van der Waals surface area contributed by atoms with Crippen molar-refractivity contribution in [2.75, 3.05) is 0 Å². The lowest BCUT2D eigenvalue weighted by Gasteiger charge is -2.16. The predicted octanol–water partition coefficient (Wildman–Crippen LogP) is 6.35. The van der Waals surface area contributed by atoms with E-state index in [2.05, 4.69) is 82.3 Å². The van der Waals surface area contributed by atoms with Crippen LogP contribution in [0.3, 0.4) is 0 Å². The predicted molar refractivity (Wildman–Crippen MR) is 140 cm³/mol. The molecule has 8 heteroatoms. The van der Waals surface area contributed by atoms with E-state index in [0.717, 1.165) is 33.7 Å². The van der Waals surface area contributed by atoms with Gasteiger partial charge < -0.3 is 8.97 Å². The third-order valence-electron chi connectivity index (χ3n) is 6.15. The Bertz CT molecular complexity index is 1610. The molecule has 0 aliphatic rings. The molecule has 34 heavy (non-hydrogen) atoms. The molecular formula is C26H24N6S2. The number of thioether (sulfide) groups is 1. The van der Waals surface area contributed by atoms with Crippen LogP contribution in [0.15, 0.2) is 65.4 Å². The highest BCUT2D eigenvalue weighted by Crippen LogP contribution is 2.36. The molecule has 6 rings (SSSR count). The van der Waals surface area contributed by atoms with Crippen LogP contribution in [0.2, 0.25) is 0 Å². The molecule has 6 nitrogen and oxygen atoms in total. The van der Waals surface area contributed by atoms with Crippen LogP contribution in [0.25, 0.3) is 33.1 Å². The summed E-state index contributed by atoms with van der Waals surface area (Å²) in [5.74, 6) is 1.57. The van der Waals surface area contributed by atoms with Crippen LogP contribution >= 0.6 is 23.1 Å². The molecule has 0 atom stereocenters. The van der Waals surface area contributed by atoms with Crippen LogP contribution in [-0.4, -0.2) is 28.7 Å². The largest absolute Gasteiger partial charge is 0.340 e. The fraction of sp³-hybridized carbons (Fsp3) is 0.192. The van der Waals surface area contributed by atoms with Gasteiger partial charge in [0.2, 0.25) is 0 Å². The molecule has 0 radical (unpaired) electrons. The first kappa shape index (κ1) is 21.2. The average Bonchev–Trinajstić information content (AvgIpc) is 3.56. The Hall–Kier alpha value is -3.36. The first-order chi connectivity index (χ1) is 16.5. The normalized spacial score (nSPS) is 11.8. The molecule has 6 aromatic rings. The van der Waals surface area contributed by atoms with Crippen molar-refractivity contribution in [1.29, 1.82) is 0 Å². The lowest BCUT2D eigenvalue weighted by atomic mass is 10.0. The van der Waals surface area contributed by atoms with E-state index >= 15 is 0 Å². The maximum Gasteiger partial charge on any atom is 0.196 e. The van der Waals surface area contributed by atoms with Crippen LogP contribution in [-0.2, 0) is 12.8 Å². The lowest BCUT2D eigenvalue weighted by molar-refractivity contribution is 0.866. The van der Waals surface area contributed by atoms with Gasteiger partial charge in [0.15, 0.2) is 11.0 Å². The van der Waals surface area contributed by atoms with Gasteiger partial charge in [0, 0.05) is 25.2 Å². The minimum atomic E-state index is 0.714. The molecule has 1 aromatic carbocycles. The highest BCUT2D eigenvalue weighted by atomic mass is 32.2. The summed E-state index contributed by atoms with van der Waals surface area (Å²) < 4.78 is 7.74. The second-order valence-electron chi connectivity index (χ2n) is 8.63. The third-order valence-corrected chi connectivity index (χ3v) is 7.96. The van der Waals surface area contributed by atoms with Gasteiger partial charge in [-0.15, -0.1) is 21.5 Å². The number of rotatable bonds is 5. The minimum Gasteiger partial charge on any atom is -0.340 e. The monoisotopic (exact) mass is 484 g/mol. The maximum atomic E-state index is 4.76. The molecule has 0 saturated carbocycles. The second-order valence-corrected chi connectivity index (χ2v) is 10.5. The van der Waals surface area contributed by atoms with E-state index in [1.807, 2.05) is 24.4 Å². The summed E-state index contributed by atoms with van der Waals surface area (Å²) in [7, 11) is 2.10. The number of aromatic nitrogens is 6. The molecule has 0 unspecified atom stereocenters. The van der Waals surface area contributed by atoms with E-state index < -0.39 is 0 Å². The van der Waals surface area contributed by atoms with Gasteiger partial charge in [0.25, 0.3) is 0 Å². The van der Waals surface area contributed by atoms with Crippen molar-refractivity contribution in [2.45, 2.75) is 31.7 Å². The van der Waals surface area contributed by atoms with Crippen LogP contribution < -0.4 is 0 Å². The van der Waals surface area contributed by atoms with E-state index in [0.29, 0.717) is 5.75 Å². The summed E-state index contributed by atoms with van der Waals surface area (Å²) in [6.07, 6.45) is 4.11. The number of hydrogen-bond donors (Lipinski definition) is 0. The standard InChI is InChI=1S/C26H24N6S2/c1-16-11-17(2)24(18(3)12-16)32-25(21-13-22-20(30(21)4)8-10-33-22)28-29-26(32)34-15-19-14-31-9-6-5-7-23(31)27-19/h5-14H,15H2,1-4H3. The Morgan fingerprint density at radius 2 is 1.82 bits per heavy atom. The van der Waals surface area contributed by atoms with E-state index in [4.69, 9.17) is 10.1 Å². The van der Waals surface area contributed by atoms with Gasteiger partial charge in [-0.1, -0.05) is 35.5 Å². The van der Waals surface area contributed by atoms with Gasteiger partial charge in [-0.3, -0.25) is 4.57 Å². The van der Waals surface area contributed by atoms with Crippen molar-refractivity contribution in [2.24, 2.45) is 7.05 Å². The number of pyridine rings is 1. The minimum absolute atomic E-state index is 0.714. The molecule has 0 aliphatic heterocycles. The van der Waals surface area contributed by atoms with Crippen LogP contribution in [0.1, 0.15) is 22.4 Å². The van der Waals surface area contributed by atoms with E-state index in [-0.39, 0.29) is 0 Å². The first-order valence-corrected chi connectivity index (χ1v) is 13.0. The van der Waals surface area contributed by atoms with Crippen molar-refractivity contribution in [3.63, 3.8) is 0 Å². The van der Waals surface area contributed by atoms with Crippen molar-refractivity contribution >= 4 is 39.0 Å². The number of benzene rings is 1. The number of fused-ring (bicyclic) bond motifs is 2. The third kappa shape index (κ3) is 3.45. The van der Waals surface area contributed by atoms with E-state index in [9.17, 15) is 0 Å². The Balaban J connectivity index is 1.48. The summed E-state index contributed by atoms with van der Waals surface area (Å²) in [4.78, 5) is 4.76. The molecular weight excluding hydrogens is 460 g/mol. The fourth-order valence-electron chi connectivity index (χ4n) is 4.72. The number of thiophene rings is 1. The van der Waals surface area contributed by atoms with Gasteiger partial charge in [0.05, 0.1) is 27.3 Å². The van der Waals surface area contributed by atoms with Gasteiger partial charge in [0.1, 0.15) is 5.65 Å². The van der Waals surface area contributed by atoms with Gasteiger partial charge in [-0.2, -0.15) is 0 Å². The zero-order valence-electron chi connectivity index (χ0n) is 19.5. The molecule has 0 spiro atoms. The Kier molecular flexibility index (Phi) is 5.08. The Morgan fingerprint density at radius 1 is 1.00 bits per heavy atom. The number of hydrogen-bond acceptors (Lipinski definition) is 5. The summed E-state index contributed by atoms with van der Waals surface area (Å²) in [5.41, 5.74) is 9.07. The topological polar surface area (TPSA) is 52.9 Å². The second kappa shape index (κ2) is 8.14. The highest BCUT2D eigenvalue weighted by Gasteiger charge is 2.22. The van der Waals surface area contributed by atoms with E-state index in [1.165, 1.54) is 26.9 Å². The summed E-state index contributed by atoms with van der Waals surface area (Å²) >= 11 is 3.42. The van der Waals surface area contributed by atoms with Crippen LogP contribution in [0.4, 0.5) is 0 Å². The number of nitrogens with zero attached hydrogens (tertiary/aromatic N) is 6. The molecule has 0 amide bonds. The lowest BCUT2D eigenvalue weighted by Crippen LogP contribution is -2.06. The van der Waals surface area contributed by atoms with Crippen molar-refractivity contribution < 1.29 is 0 Å².